The third-order valence-corrected chi connectivity index (χ3v) is 5.64. The topological polar surface area (TPSA) is 75.7 Å². The number of nitrogens with zero attached hydrogens (tertiary/aromatic N) is 1. The first kappa shape index (κ1) is 20.7. The van der Waals surface area contributed by atoms with Crippen molar-refractivity contribution in [2.75, 3.05) is 4.90 Å². The number of amides is 2. The number of thiophene rings is 1. The first-order chi connectivity index (χ1) is 15.1. The normalized spacial score (nSPS) is 11.8. The molecule has 0 radical (unpaired) electrons. The molecule has 0 saturated carbocycles. The Labute approximate surface area is 184 Å². The fraction of sp³-hybridized carbons (Fsp3) is 0.167. The van der Waals surface area contributed by atoms with Crippen molar-refractivity contribution in [3.8, 4) is 0 Å². The summed E-state index contributed by atoms with van der Waals surface area (Å²) in [5, 5.41) is 4.80. The molecule has 2 amide bonds. The molecule has 0 bridgehead atoms. The van der Waals surface area contributed by atoms with E-state index in [0.29, 0.717) is 23.0 Å². The quantitative estimate of drug-likeness (QED) is 0.429. The second kappa shape index (κ2) is 9.49. The van der Waals surface area contributed by atoms with Gasteiger partial charge in [0, 0.05) is 10.6 Å². The lowest BCUT2D eigenvalue weighted by Crippen LogP contribution is -2.44. The number of rotatable bonds is 8. The molecule has 1 N–H and O–H groups in total. The molecule has 6 nitrogen and oxygen atoms in total. The minimum atomic E-state index is -0.960. The highest BCUT2D eigenvalue weighted by Gasteiger charge is 2.35. The molecule has 1 aromatic carbocycles. The maximum Gasteiger partial charge on any atom is 0.251 e. The number of para-hydroxylation sites is 1. The Morgan fingerprint density at radius 3 is 2.52 bits per heavy atom. The summed E-state index contributed by atoms with van der Waals surface area (Å²) in [5.74, 6) is 1.14. The largest absolute Gasteiger partial charge is 0.467 e. The highest BCUT2D eigenvalue weighted by atomic mass is 32.1. The van der Waals surface area contributed by atoms with Crippen LogP contribution in [0.3, 0.4) is 0 Å². The first-order valence-electron chi connectivity index (χ1n) is 9.88. The van der Waals surface area contributed by atoms with Gasteiger partial charge in [0.15, 0.2) is 6.04 Å². The molecule has 0 spiro atoms. The molecule has 4 rings (SSSR count). The Kier molecular flexibility index (Phi) is 6.33. The summed E-state index contributed by atoms with van der Waals surface area (Å²) in [6.07, 6.45) is 1.74. The summed E-state index contributed by atoms with van der Waals surface area (Å²) in [6, 6.07) is 19.1. The number of hydrogen-bond acceptors (Lipinski definition) is 5. The number of benzene rings is 1. The maximum absolute atomic E-state index is 13.5. The fourth-order valence-corrected chi connectivity index (χ4v) is 4.03. The van der Waals surface area contributed by atoms with Gasteiger partial charge < -0.3 is 14.2 Å². The molecular formula is C24H22N2O4S. The molecule has 0 aliphatic heterocycles. The lowest BCUT2D eigenvalue weighted by atomic mass is 10.1. The van der Waals surface area contributed by atoms with Crippen LogP contribution in [-0.4, -0.2) is 11.8 Å². The van der Waals surface area contributed by atoms with Crippen LogP contribution < -0.4 is 10.2 Å². The van der Waals surface area contributed by atoms with Gasteiger partial charge in [-0.05, 0) is 54.8 Å². The molecule has 0 aliphatic rings. The molecule has 31 heavy (non-hydrogen) atoms. The van der Waals surface area contributed by atoms with Gasteiger partial charge in [0.05, 0.1) is 19.2 Å². The van der Waals surface area contributed by atoms with Crippen molar-refractivity contribution >= 4 is 28.8 Å². The molecule has 0 aliphatic carbocycles. The van der Waals surface area contributed by atoms with Crippen LogP contribution in [0.25, 0.3) is 0 Å². The summed E-state index contributed by atoms with van der Waals surface area (Å²) in [6.45, 7) is 2.02. The summed E-state index contributed by atoms with van der Waals surface area (Å²) in [4.78, 5) is 29.3. The second-order valence-corrected chi connectivity index (χ2v) is 8.04. The van der Waals surface area contributed by atoms with Crippen LogP contribution in [0.1, 0.15) is 28.2 Å². The average molecular weight is 435 g/mol. The van der Waals surface area contributed by atoms with Crippen molar-refractivity contribution in [2.24, 2.45) is 0 Å². The molecule has 1 atom stereocenters. The van der Waals surface area contributed by atoms with Crippen LogP contribution in [0.2, 0.25) is 0 Å². The van der Waals surface area contributed by atoms with E-state index in [1.807, 2.05) is 54.8 Å². The van der Waals surface area contributed by atoms with Crippen LogP contribution in [0.15, 0.2) is 87.2 Å². The Balaban J connectivity index is 1.69. The van der Waals surface area contributed by atoms with Crippen LogP contribution in [0.4, 0.5) is 5.69 Å². The van der Waals surface area contributed by atoms with E-state index in [1.54, 1.807) is 30.5 Å². The number of carbonyl (C=O) groups is 2. The molecule has 3 aromatic heterocycles. The predicted octanol–water partition coefficient (Wildman–Crippen LogP) is 4.88. The van der Waals surface area contributed by atoms with Gasteiger partial charge in [-0.3, -0.25) is 14.5 Å². The highest BCUT2D eigenvalue weighted by molar-refractivity contribution is 7.10. The zero-order chi connectivity index (χ0) is 21.6. The Morgan fingerprint density at radius 2 is 1.87 bits per heavy atom. The van der Waals surface area contributed by atoms with E-state index in [4.69, 9.17) is 8.83 Å². The van der Waals surface area contributed by atoms with Crippen molar-refractivity contribution in [2.45, 2.75) is 25.9 Å². The van der Waals surface area contributed by atoms with Crippen LogP contribution >= 0.6 is 11.3 Å². The van der Waals surface area contributed by atoms with E-state index < -0.39 is 6.04 Å². The van der Waals surface area contributed by atoms with E-state index in [1.165, 1.54) is 16.2 Å². The van der Waals surface area contributed by atoms with Crippen molar-refractivity contribution in [1.82, 2.24) is 5.32 Å². The van der Waals surface area contributed by atoms with E-state index in [9.17, 15) is 9.59 Å². The SMILES string of the molecule is Cc1ccc(C(C(=O)NCc2ccco2)N(C(=O)Cc2cccs2)c2ccccc2)o1. The fourth-order valence-electron chi connectivity index (χ4n) is 3.33. The molecule has 7 heteroatoms. The zero-order valence-electron chi connectivity index (χ0n) is 17.0. The first-order valence-corrected chi connectivity index (χ1v) is 10.8. The third kappa shape index (κ3) is 4.95. The summed E-state index contributed by atoms with van der Waals surface area (Å²) in [5.41, 5.74) is 0.622. The summed E-state index contributed by atoms with van der Waals surface area (Å²) < 4.78 is 11.1. The van der Waals surface area contributed by atoms with Gasteiger partial charge in [-0.2, -0.15) is 0 Å². The van der Waals surface area contributed by atoms with Crippen LogP contribution in [-0.2, 0) is 22.6 Å². The van der Waals surface area contributed by atoms with Crippen LogP contribution in [0.5, 0.6) is 0 Å². The maximum atomic E-state index is 13.5. The monoisotopic (exact) mass is 434 g/mol. The second-order valence-electron chi connectivity index (χ2n) is 7.00. The van der Waals surface area contributed by atoms with Crippen molar-refractivity contribution in [3.63, 3.8) is 0 Å². The van der Waals surface area contributed by atoms with Gasteiger partial charge >= 0.3 is 0 Å². The Hall–Kier alpha value is -3.58. The molecule has 4 aromatic rings. The summed E-state index contributed by atoms with van der Waals surface area (Å²) in [7, 11) is 0. The van der Waals surface area contributed by atoms with E-state index >= 15 is 0 Å². The Morgan fingerprint density at radius 1 is 1.03 bits per heavy atom. The number of furan rings is 2. The summed E-state index contributed by atoms with van der Waals surface area (Å²) >= 11 is 1.51. The van der Waals surface area contributed by atoms with Gasteiger partial charge in [-0.15, -0.1) is 11.3 Å². The zero-order valence-corrected chi connectivity index (χ0v) is 17.8. The molecule has 0 fully saturated rings. The van der Waals surface area contributed by atoms with E-state index in [-0.39, 0.29) is 24.8 Å². The average Bonchev–Trinajstić information content (AvgIpc) is 3.54. The smallest absolute Gasteiger partial charge is 0.251 e. The van der Waals surface area contributed by atoms with Gasteiger partial charge in [0.25, 0.3) is 5.91 Å². The number of nitrogens with one attached hydrogen (secondary N) is 1. The predicted molar refractivity (Wildman–Crippen MR) is 119 cm³/mol. The van der Waals surface area contributed by atoms with Gasteiger partial charge in [-0.25, -0.2) is 0 Å². The number of hydrogen-bond donors (Lipinski definition) is 1. The number of aryl methyl sites for hydroxylation is 1. The van der Waals surface area contributed by atoms with Crippen molar-refractivity contribution in [3.05, 3.63) is 101 Å². The van der Waals surface area contributed by atoms with Crippen molar-refractivity contribution in [1.29, 1.82) is 0 Å². The van der Waals surface area contributed by atoms with Gasteiger partial charge in [-0.1, -0.05) is 24.3 Å². The highest BCUT2D eigenvalue weighted by Crippen LogP contribution is 2.30. The minimum absolute atomic E-state index is 0.189. The van der Waals surface area contributed by atoms with Crippen LogP contribution in [0, 0.1) is 6.92 Å². The molecular weight excluding hydrogens is 412 g/mol. The van der Waals surface area contributed by atoms with E-state index in [2.05, 4.69) is 5.32 Å². The standard InChI is InChI=1S/C24H22N2O4S/c1-17-11-12-21(30-17)23(24(28)25-16-19-9-5-13-29-19)26(18-7-3-2-4-8-18)22(27)15-20-10-6-14-31-20/h2-14,23H,15-16H2,1H3,(H,25,28). The molecule has 0 saturated heterocycles. The molecule has 158 valence electrons. The number of anilines is 1. The molecule has 3 heterocycles. The minimum Gasteiger partial charge on any atom is -0.467 e. The lowest BCUT2D eigenvalue weighted by Gasteiger charge is -2.30. The lowest BCUT2D eigenvalue weighted by molar-refractivity contribution is -0.127. The third-order valence-electron chi connectivity index (χ3n) is 4.76. The van der Waals surface area contributed by atoms with Gasteiger partial charge in [0.2, 0.25) is 5.91 Å². The molecule has 1 unspecified atom stereocenters. The van der Waals surface area contributed by atoms with Crippen molar-refractivity contribution < 1.29 is 18.4 Å². The Bertz CT molecular complexity index is 1120. The number of carbonyl (C=O) groups excluding carboxylic acids is 2. The van der Waals surface area contributed by atoms with E-state index in [0.717, 1.165) is 4.88 Å². The van der Waals surface area contributed by atoms with Gasteiger partial charge in [0.1, 0.15) is 17.3 Å².